The summed E-state index contributed by atoms with van der Waals surface area (Å²) in [7, 11) is 0. The Morgan fingerprint density at radius 1 is 1.67 bits per heavy atom. The summed E-state index contributed by atoms with van der Waals surface area (Å²) in [6.07, 6.45) is 3.29. The molecule has 78 valence electrons. The number of fused-ring (bicyclic) bond motifs is 1. The maximum Gasteiger partial charge on any atom is 0.342 e. The number of pyridine rings is 1. The van der Waals surface area contributed by atoms with Crippen molar-refractivity contribution in [1.29, 1.82) is 0 Å². The van der Waals surface area contributed by atoms with E-state index in [1.165, 1.54) is 6.20 Å². The van der Waals surface area contributed by atoms with Crippen LogP contribution in [0.5, 0.6) is 0 Å². The summed E-state index contributed by atoms with van der Waals surface area (Å²) in [5.41, 5.74) is 1.21. The predicted octanol–water partition coefficient (Wildman–Crippen LogP) is 2.27. The van der Waals surface area contributed by atoms with E-state index in [4.69, 9.17) is 4.74 Å². The summed E-state index contributed by atoms with van der Waals surface area (Å²) < 4.78 is 7.40. The van der Waals surface area contributed by atoms with Crippen LogP contribution in [0.3, 0.4) is 0 Å². The lowest BCUT2D eigenvalue weighted by atomic mass is 10.3. The van der Waals surface area contributed by atoms with Gasteiger partial charge < -0.3 is 4.74 Å². The van der Waals surface area contributed by atoms with Crippen LogP contribution >= 0.6 is 15.9 Å². The fourth-order valence-corrected chi connectivity index (χ4v) is 1.91. The number of hydrogen-bond donors (Lipinski definition) is 0. The number of halogens is 1. The zero-order valence-electron chi connectivity index (χ0n) is 8.11. The van der Waals surface area contributed by atoms with Crippen LogP contribution in [-0.2, 0) is 4.74 Å². The van der Waals surface area contributed by atoms with Gasteiger partial charge in [0.05, 0.1) is 18.3 Å². The maximum atomic E-state index is 11.6. The average molecular weight is 269 g/mol. The quantitative estimate of drug-likeness (QED) is 0.785. The first-order chi connectivity index (χ1) is 7.24. The zero-order valence-corrected chi connectivity index (χ0v) is 9.69. The fraction of sp³-hybridized carbons (Fsp3) is 0.200. The molecular weight excluding hydrogens is 260 g/mol. The van der Waals surface area contributed by atoms with Gasteiger partial charge in [0.15, 0.2) is 0 Å². The molecule has 0 aliphatic rings. The van der Waals surface area contributed by atoms with Crippen LogP contribution in [0.1, 0.15) is 17.3 Å². The predicted molar refractivity (Wildman–Crippen MR) is 58.8 cm³/mol. The molecule has 0 aromatic carbocycles. The molecule has 0 saturated carbocycles. The van der Waals surface area contributed by atoms with E-state index in [0.717, 1.165) is 9.99 Å². The van der Waals surface area contributed by atoms with Crippen molar-refractivity contribution in [3.8, 4) is 0 Å². The third kappa shape index (κ3) is 1.74. The maximum absolute atomic E-state index is 11.6. The smallest absolute Gasteiger partial charge is 0.342 e. The molecule has 0 atom stereocenters. The molecule has 0 N–H and O–H groups in total. The standard InChI is InChI=1S/C10H9BrN2O2/c1-2-15-10(14)7-6-12-13-5-3-4-8(11)9(7)13/h3-6H,2H2,1H3. The number of carbonyl (C=O) groups is 1. The molecule has 0 fully saturated rings. The largest absolute Gasteiger partial charge is 0.462 e. The van der Waals surface area contributed by atoms with Crippen molar-refractivity contribution in [3.05, 3.63) is 34.6 Å². The molecule has 0 saturated heterocycles. The molecule has 0 unspecified atom stereocenters. The lowest BCUT2D eigenvalue weighted by molar-refractivity contribution is 0.0528. The Hall–Kier alpha value is -1.36. The van der Waals surface area contributed by atoms with Crippen LogP contribution in [-0.4, -0.2) is 22.2 Å². The minimum atomic E-state index is -0.348. The van der Waals surface area contributed by atoms with E-state index in [9.17, 15) is 4.79 Å². The molecule has 0 aliphatic carbocycles. The molecule has 15 heavy (non-hydrogen) atoms. The monoisotopic (exact) mass is 268 g/mol. The number of aromatic nitrogens is 2. The Bertz CT molecular complexity index is 507. The molecule has 5 heteroatoms. The fourth-order valence-electron chi connectivity index (χ4n) is 1.36. The Labute approximate surface area is 95.0 Å². The lowest BCUT2D eigenvalue weighted by Crippen LogP contribution is -2.04. The van der Waals surface area contributed by atoms with Gasteiger partial charge in [-0.3, -0.25) is 0 Å². The molecule has 0 aliphatic heterocycles. The average Bonchev–Trinajstić information content (AvgIpc) is 2.63. The number of ether oxygens (including phenoxy) is 1. The van der Waals surface area contributed by atoms with Crippen molar-refractivity contribution in [3.63, 3.8) is 0 Å². The van der Waals surface area contributed by atoms with E-state index in [0.29, 0.717) is 12.2 Å². The van der Waals surface area contributed by atoms with Crippen LogP contribution in [0.2, 0.25) is 0 Å². The number of nitrogens with zero attached hydrogens (tertiary/aromatic N) is 2. The second kappa shape index (κ2) is 4.02. The molecule has 0 amide bonds. The Morgan fingerprint density at radius 3 is 3.20 bits per heavy atom. The normalized spacial score (nSPS) is 10.5. The van der Waals surface area contributed by atoms with E-state index in [1.807, 2.05) is 12.1 Å². The van der Waals surface area contributed by atoms with Crippen LogP contribution in [0, 0.1) is 0 Å². The van der Waals surface area contributed by atoms with Gasteiger partial charge in [0.25, 0.3) is 0 Å². The second-order valence-corrected chi connectivity index (χ2v) is 3.78. The highest BCUT2D eigenvalue weighted by atomic mass is 79.9. The van der Waals surface area contributed by atoms with Crippen molar-refractivity contribution < 1.29 is 9.53 Å². The third-order valence-electron chi connectivity index (χ3n) is 1.99. The summed E-state index contributed by atoms with van der Waals surface area (Å²) in [6, 6.07) is 3.71. The van der Waals surface area contributed by atoms with Gasteiger partial charge in [-0.05, 0) is 35.0 Å². The first-order valence-electron chi connectivity index (χ1n) is 4.53. The second-order valence-electron chi connectivity index (χ2n) is 2.93. The minimum Gasteiger partial charge on any atom is -0.462 e. The van der Waals surface area contributed by atoms with Crippen LogP contribution < -0.4 is 0 Å². The Balaban J connectivity index is 2.57. The number of carbonyl (C=O) groups excluding carboxylic acids is 1. The molecule has 0 radical (unpaired) electrons. The van der Waals surface area contributed by atoms with E-state index in [1.54, 1.807) is 17.6 Å². The van der Waals surface area contributed by atoms with Crippen LogP contribution in [0.15, 0.2) is 29.0 Å². The molecular formula is C10H9BrN2O2. The molecule has 2 aromatic heterocycles. The van der Waals surface area contributed by atoms with Crippen molar-refractivity contribution in [2.75, 3.05) is 6.61 Å². The summed E-state index contributed by atoms with van der Waals surface area (Å²) in [5.74, 6) is -0.348. The third-order valence-corrected chi connectivity index (χ3v) is 2.63. The van der Waals surface area contributed by atoms with Crippen molar-refractivity contribution in [2.45, 2.75) is 6.92 Å². The van der Waals surface area contributed by atoms with Gasteiger partial charge in [-0.2, -0.15) is 5.10 Å². The number of esters is 1. The van der Waals surface area contributed by atoms with E-state index < -0.39 is 0 Å². The summed E-state index contributed by atoms with van der Waals surface area (Å²) in [4.78, 5) is 11.6. The van der Waals surface area contributed by atoms with E-state index >= 15 is 0 Å². The SMILES string of the molecule is CCOC(=O)c1cnn2cccc(Br)c12. The molecule has 2 heterocycles. The first kappa shape index (κ1) is 10.2. The van der Waals surface area contributed by atoms with E-state index in [2.05, 4.69) is 21.0 Å². The highest BCUT2D eigenvalue weighted by Gasteiger charge is 2.15. The Morgan fingerprint density at radius 2 is 2.47 bits per heavy atom. The molecule has 2 rings (SSSR count). The summed E-state index contributed by atoms with van der Waals surface area (Å²) in [6.45, 7) is 2.14. The first-order valence-corrected chi connectivity index (χ1v) is 5.32. The van der Waals surface area contributed by atoms with Gasteiger partial charge in [0, 0.05) is 10.7 Å². The number of hydrogen-bond acceptors (Lipinski definition) is 3. The van der Waals surface area contributed by atoms with Crippen molar-refractivity contribution >= 4 is 27.4 Å². The molecule has 2 aromatic rings. The molecule has 0 spiro atoms. The van der Waals surface area contributed by atoms with E-state index in [-0.39, 0.29) is 5.97 Å². The van der Waals surface area contributed by atoms with Gasteiger partial charge in [0.1, 0.15) is 5.56 Å². The van der Waals surface area contributed by atoms with Gasteiger partial charge in [-0.25, -0.2) is 9.31 Å². The topological polar surface area (TPSA) is 43.6 Å². The van der Waals surface area contributed by atoms with Gasteiger partial charge in [-0.15, -0.1) is 0 Å². The highest BCUT2D eigenvalue weighted by Crippen LogP contribution is 2.21. The van der Waals surface area contributed by atoms with Crippen LogP contribution in [0.25, 0.3) is 5.52 Å². The zero-order chi connectivity index (χ0) is 10.8. The number of rotatable bonds is 2. The lowest BCUT2D eigenvalue weighted by Gasteiger charge is -2.00. The summed E-state index contributed by atoms with van der Waals surface area (Å²) in [5, 5.41) is 4.07. The molecule has 0 bridgehead atoms. The minimum absolute atomic E-state index is 0.348. The van der Waals surface area contributed by atoms with Crippen molar-refractivity contribution in [1.82, 2.24) is 9.61 Å². The van der Waals surface area contributed by atoms with Gasteiger partial charge in [-0.1, -0.05) is 0 Å². The van der Waals surface area contributed by atoms with Gasteiger partial charge >= 0.3 is 5.97 Å². The van der Waals surface area contributed by atoms with Crippen molar-refractivity contribution in [2.24, 2.45) is 0 Å². The highest BCUT2D eigenvalue weighted by molar-refractivity contribution is 9.10. The molecule has 4 nitrogen and oxygen atoms in total. The summed E-state index contributed by atoms with van der Waals surface area (Å²) >= 11 is 3.38. The van der Waals surface area contributed by atoms with Gasteiger partial charge in [0.2, 0.25) is 0 Å². The van der Waals surface area contributed by atoms with Crippen LogP contribution in [0.4, 0.5) is 0 Å². The Kier molecular flexibility index (Phi) is 2.73.